The molecule has 0 heterocycles. The number of rotatable bonds is 5. The minimum Gasteiger partial charge on any atom is -0.344 e. The summed E-state index contributed by atoms with van der Waals surface area (Å²) >= 11 is 0. The lowest BCUT2D eigenvalue weighted by atomic mass is 9.97. The Balaban J connectivity index is 1.98. The first-order chi connectivity index (χ1) is 12.2. The third-order valence-corrected chi connectivity index (χ3v) is 5.48. The quantitative estimate of drug-likeness (QED) is 0.643. The molecule has 1 aliphatic rings. The smallest absolute Gasteiger partial charge is 0.269 e. The Bertz CT molecular complexity index is 783. The van der Waals surface area contributed by atoms with Crippen molar-refractivity contribution < 1.29 is 22.8 Å². The first kappa shape index (κ1) is 19.9. The molecule has 0 saturated heterocycles. The maximum Gasteiger partial charge on any atom is 0.269 e. The van der Waals surface area contributed by atoms with Gasteiger partial charge in [-0.15, -0.1) is 0 Å². The van der Waals surface area contributed by atoms with Crippen molar-refractivity contribution in [2.45, 2.75) is 43.5 Å². The van der Waals surface area contributed by atoms with E-state index in [0.29, 0.717) is 0 Å². The molecule has 1 aromatic rings. The van der Waals surface area contributed by atoms with Crippen LogP contribution in [0.5, 0.6) is 0 Å². The van der Waals surface area contributed by atoms with Crippen LogP contribution in [0.4, 0.5) is 0 Å². The molecule has 3 amide bonds. The summed E-state index contributed by atoms with van der Waals surface area (Å²) < 4.78 is 22.9. The van der Waals surface area contributed by atoms with Crippen LogP contribution in [0.3, 0.4) is 0 Å². The van der Waals surface area contributed by atoms with E-state index in [9.17, 15) is 22.8 Å². The first-order valence-electron chi connectivity index (χ1n) is 8.36. The van der Waals surface area contributed by atoms with Crippen LogP contribution in [0.15, 0.2) is 29.2 Å². The van der Waals surface area contributed by atoms with Crippen molar-refractivity contribution in [1.82, 2.24) is 16.2 Å². The van der Waals surface area contributed by atoms with Crippen molar-refractivity contribution >= 4 is 27.6 Å². The maximum atomic E-state index is 12.4. The van der Waals surface area contributed by atoms with Crippen LogP contribution in [-0.2, 0) is 19.4 Å². The van der Waals surface area contributed by atoms with Crippen molar-refractivity contribution in [2.24, 2.45) is 5.92 Å². The molecule has 3 N–H and O–H groups in total. The highest BCUT2D eigenvalue weighted by atomic mass is 32.2. The van der Waals surface area contributed by atoms with Gasteiger partial charge in [0, 0.05) is 18.7 Å². The number of carbonyl (C=O) groups excluding carboxylic acids is 3. The molecule has 0 aliphatic heterocycles. The summed E-state index contributed by atoms with van der Waals surface area (Å²) in [6.45, 7) is 1.34. The normalized spacial score (nSPS) is 15.9. The number of nitrogens with one attached hydrogen (secondary N) is 3. The number of hydrazine groups is 1. The second-order valence-corrected chi connectivity index (χ2v) is 8.48. The number of hydrogen-bond acceptors (Lipinski definition) is 5. The third kappa shape index (κ3) is 5.29. The molecule has 1 fully saturated rings. The van der Waals surface area contributed by atoms with Gasteiger partial charge >= 0.3 is 0 Å². The zero-order chi connectivity index (χ0) is 19.3. The molecule has 9 heteroatoms. The van der Waals surface area contributed by atoms with Crippen LogP contribution in [0.1, 0.15) is 43.0 Å². The van der Waals surface area contributed by atoms with E-state index in [1.165, 1.54) is 31.2 Å². The lowest BCUT2D eigenvalue weighted by Crippen LogP contribution is -2.54. The zero-order valence-corrected chi connectivity index (χ0v) is 15.6. The molecule has 8 nitrogen and oxygen atoms in total. The number of carbonyl (C=O) groups is 3. The van der Waals surface area contributed by atoms with E-state index in [1.807, 2.05) is 0 Å². The Labute approximate surface area is 152 Å². The largest absolute Gasteiger partial charge is 0.344 e. The highest BCUT2D eigenvalue weighted by molar-refractivity contribution is 7.90. The lowest BCUT2D eigenvalue weighted by molar-refractivity contribution is -0.129. The van der Waals surface area contributed by atoms with E-state index in [2.05, 4.69) is 16.2 Å². The summed E-state index contributed by atoms with van der Waals surface area (Å²) in [4.78, 5) is 35.9. The summed E-state index contributed by atoms with van der Waals surface area (Å²) in [5, 5.41) is 2.64. The summed E-state index contributed by atoms with van der Waals surface area (Å²) in [6.07, 6.45) is 4.78. The van der Waals surface area contributed by atoms with E-state index in [-0.39, 0.29) is 22.3 Å². The van der Waals surface area contributed by atoms with Gasteiger partial charge in [-0.3, -0.25) is 25.2 Å². The molecule has 2 rings (SSSR count). The lowest BCUT2D eigenvalue weighted by Gasteiger charge is -2.23. The van der Waals surface area contributed by atoms with Crippen LogP contribution in [0.2, 0.25) is 0 Å². The van der Waals surface area contributed by atoms with Gasteiger partial charge < -0.3 is 5.32 Å². The van der Waals surface area contributed by atoms with Crippen molar-refractivity contribution in [3.8, 4) is 0 Å². The monoisotopic (exact) mass is 381 g/mol. The summed E-state index contributed by atoms with van der Waals surface area (Å²) in [5.41, 5.74) is 4.83. The van der Waals surface area contributed by atoms with Crippen LogP contribution in [-0.4, -0.2) is 38.4 Å². The van der Waals surface area contributed by atoms with Gasteiger partial charge in [0.1, 0.15) is 6.04 Å². The van der Waals surface area contributed by atoms with Gasteiger partial charge in [0.05, 0.1) is 4.90 Å². The predicted octanol–water partition coefficient (Wildman–Crippen LogP) is 0.546. The van der Waals surface area contributed by atoms with Crippen LogP contribution in [0.25, 0.3) is 0 Å². The summed E-state index contributed by atoms with van der Waals surface area (Å²) in [7, 11) is -3.34. The van der Waals surface area contributed by atoms with Gasteiger partial charge in [0.25, 0.3) is 11.8 Å². The van der Waals surface area contributed by atoms with Gasteiger partial charge in [0.15, 0.2) is 9.84 Å². The second-order valence-electron chi connectivity index (χ2n) is 6.46. The predicted molar refractivity (Wildman–Crippen MR) is 94.7 cm³/mol. The number of hydrogen-bond donors (Lipinski definition) is 3. The van der Waals surface area contributed by atoms with Gasteiger partial charge in [0.2, 0.25) is 5.91 Å². The van der Waals surface area contributed by atoms with E-state index < -0.39 is 27.7 Å². The van der Waals surface area contributed by atoms with Crippen molar-refractivity contribution in [1.29, 1.82) is 0 Å². The molecule has 26 heavy (non-hydrogen) atoms. The Hall–Kier alpha value is -2.42. The average Bonchev–Trinajstić information content (AvgIpc) is 3.10. The van der Waals surface area contributed by atoms with E-state index in [0.717, 1.165) is 31.9 Å². The van der Waals surface area contributed by atoms with Crippen LogP contribution in [0, 0.1) is 5.92 Å². The molecular formula is C17H23N3O5S. The number of sulfone groups is 1. The third-order valence-electron chi connectivity index (χ3n) is 4.36. The highest BCUT2D eigenvalue weighted by Crippen LogP contribution is 2.27. The molecule has 0 aromatic heterocycles. The molecule has 1 unspecified atom stereocenters. The van der Waals surface area contributed by atoms with Gasteiger partial charge in [-0.1, -0.05) is 12.8 Å². The number of amides is 3. The standard InChI is InChI=1S/C17H23N3O5S/c1-11(21)18-15(12-5-3-4-6-12)17(23)20-19-16(22)13-7-9-14(10-8-13)26(2,24)25/h7-10,12,15H,3-6H2,1-2H3,(H,18,21)(H,19,22)(H,20,23). The van der Waals surface area contributed by atoms with E-state index in [1.54, 1.807) is 0 Å². The topological polar surface area (TPSA) is 121 Å². The minimum absolute atomic E-state index is 0.0462. The first-order valence-corrected chi connectivity index (χ1v) is 10.2. The molecule has 142 valence electrons. The van der Waals surface area contributed by atoms with Crippen molar-refractivity contribution in [2.75, 3.05) is 6.26 Å². The molecule has 1 aromatic carbocycles. The van der Waals surface area contributed by atoms with Crippen LogP contribution < -0.4 is 16.2 Å². The van der Waals surface area contributed by atoms with Gasteiger partial charge in [-0.2, -0.15) is 0 Å². The van der Waals surface area contributed by atoms with E-state index in [4.69, 9.17) is 0 Å². The molecule has 0 spiro atoms. The van der Waals surface area contributed by atoms with Crippen LogP contribution >= 0.6 is 0 Å². The highest BCUT2D eigenvalue weighted by Gasteiger charge is 2.31. The van der Waals surface area contributed by atoms with E-state index >= 15 is 0 Å². The Kier molecular flexibility index (Phi) is 6.36. The molecule has 0 bridgehead atoms. The molecule has 0 radical (unpaired) electrons. The van der Waals surface area contributed by atoms with Gasteiger partial charge in [-0.05, 0) is 43.0 Å². The summed E-state index contributed by atoms with van der Waals surface area (Å²) in [5.74, 6) is -1.32. The molecule has 1 saturated carbocycles. The fraction of sp³-hybridized carbons (Fsp3) is 0.471. The minimum atomic E-state index is -3.34. The molecular weight excluding hydrogens is 358 g/mol. The fourth-order valence-electron chi connectivity index (χ4n) is 3.03. The average molecular weight is 381 g/mol. The van der Waals surface area contributed by atoms with Crippen molar-refractivity contribution in [3.63, 3.8) is 0 Å². The van der Waals surface area contributed by atoms with Gasteiger partial charge in [-0.25, -0.2) is 8.42 Å². The molecule has 1 aliphatic carbocycles. The SMILES string of the molecule is CC(=O)NC(C(=O)NNC(=O)c1ccc(S(C)(=O)=O)cc1)C1CCCC1. The summed E-state index contributed by atoms with van der Waals surface area (Å²) in [6, 6.07) is 4.68. The zero-order valence-electron chi connectivity index (χ0n) is 14.7. The maximum absolute atomic E-state index is 12.4. The Morgan fingerprint density at radius 1 is 1.04 bits per heavy atom. The fourth-order valence-corrected chi connectivity index (χ4v) is 3.66. The Morgan fingerprint density at radius 3 is 2.12 bits per heavy atom. The van der Waals surface area contributed by atoms with Crippen molar-refractivity contribution in [3.05, 3.63) is 29.8 Å². The second kappa shape index (κ2) is 8.31. The number of benzene rings is 1. The Morgan fingerprint density at radius 2 is 1.62 bits per heavy atom. The molecule has 1 atom stereocenters.